The van der Waals surface area contributed by atoms with Crippen molar-refractivity contribution in [3.8, 4) is 0 Å². The fourth-order valence-electron chi connectivity index (χ4n) is 3.32. The quantitative estimate of drug-likeness (QED) is 0.794. The van der Waals surface area contributed by atoms with Crippen molar-refractivity contribution in [2.75, 3.05) is 27.2 Å². The fourth-order valence-corrected chi connectivity index (χ4v) is 3.32. The van der Waals surface area contributed by atoms with E-state index in [-0.39, 0.29) is 11.8 Å². The molecule has 2 aromatic rings. The van der Waals surface area contributed by atoms with Crippen LogP contribution in [0.2, 0.25) is 0 Å². The summed E-state index contributed by atoms with van der Waals surface area (Å²) >= 11 is 0. The molecule has 0 aromatic carbocycles. The molecule has 140 valence electrons. The van der Waals surface area contributed by atoms with Crippen LogP contribution in [0.15, 0.2) is 35.0 Å². The molecule has 0 radical (unpaired) electrons. The lowest BCUT2D eigenvalue weighted by atomic mass is 9.93. The molecular formula is C19H26N4O3. The Balaban J connectivity index is 1.55. The minimum absolute atomic E-state index is 0.0691. The van der Waals surface area contributed by atoms with Crippen molar-refractivity contribution in [2.45, 2.75) is 32.2 Å². The van der Waals surface area contributed by atoms with Crippen LogP contribution in [0.1, 0.15) is 42.0 Å². The number of carbonyl (C=O) groups is 2. The van der Waals surface area contributed by atoms with E-state index in [0.717, 1.165) is 25.8 Å². The Labute approximate surface area is 153 Å². The van der Waals surface area contributed by atoms with Gasteiger partial charge in [-0.25, -0.2) is 0 Å². The van der Waals surface area contributed by atoms with Gasteiger partial charge in [-0.05, 0) is 43.4 Å². The molecular weight excluding hydrogens is 332 g/mol. The van der Waals surface area contributed by atoms with Gasteiger partial charge in [-0.1, -0.05) is 0 Å². The second-order valence-electron chi connectivity index (χ2n) is 7.06. The van der Waals surface area contributed by atoms with Gasteiger partial charge in [0.05, 0.1) is 6.54 Å². The predicted molar refractivity (Wildman–Crippen MR) is 96.6 cm³/mol. The molecule has 7 heteroatoms. The molecule has 1 unspecified atom stereocenters. The topological polar surface area (TPSA) is 71.6 Å². The second kappa shape index (κ2) is 8.21. The molecule has 3 rings (SSSR count). The fraction of sp³-hybridized carbons (Fsp3) is 0.526. The van der Waals surface area contributed by atoms with Crippen LogP contribution in [-0.4, -0.2) is 58.6 Å². The molecule has 1 saturated heterocycles. The molecule has 1 fully saturated rings. The van der Waals surface area contributed by atoms with E-state index >= 15 is 0 Å². The van der Waals surface area contributed by atoms with Crippen LogP contribution in [0.5, 0.6) is 0 Å². The van der Waals surface area contributed by atoms with Gasteiger partial charge in [0.15, 0.2) is 5.76 Å². The number of likely N-dealkylation sites (tertiary alicyclic amines) is 1. The normalized spacial score (nSPS) is 17.3. The van der Waals surface area contributed by atoms with E-state index in [4.69, 9.17) is 4.42 Å². The third-order valence-corrected chi connectivity index (χ3v) is 4.82. The first kappa shape index (κ1) is 18.2. The Morgan fingerprint density at radius 1 is 1.35 bits per heavy atom. The number of rotatable bonds is 6. The summed E-state index contributed by atoms with van der Waals surface area (Å²) in [4.78, 5) is 28.0. The van der Waals surface area contributed by atoms with Gasteiger partial charge in [0.25, 0.3) is 5.91 Å². The first-order valence-corrected chi connectivity index (χ1v) is 9.08. The highest BCUT2D eigenvalue weighted by molar-refractivity contribution is 5.91. The molecule has 7 nitrogen and oxygen atoms in total. The zero-order valence-electron chi connectivity index (χ0n) is 15.4. The van der Waals surface area contributed by atoms with Gasteiger partial charge in [-0.2, -0.15) is 5.10 Å². The minimum Gasteiger partial charge on any atom is -0.454 e. The van der Waals surface area contributed by atoms with Gasteiger partial charge in [0.1, 0.15) is 5.76 Å². The molecule has 1 aliphatic heterocycles. The SMILES string of the molecule is CN(C)C(=O)CCC1CCCN(C(=O)c2ccc(Cn3cccn3)o2)C1. The van der Waals surface area contributed by atoms with E-state index in [1.54, 1.807) is 35.9 Å². The summed E-state index contributed by atoms with van der Waals surface area (Å²) in [6.07, 6.45) is 6.96. The lowest BCUT2D eigenvalue weighted by Gasteiger charge is -2.32. The lowest BCUT2D eigenvalue weighted by molar-refractivity contribution is -0.129. The van der Waals surface area contributed by atoms with Gasteiger partial charge in [-0.3, -0.25) is 14.3 Å². The predicted octanol–water partition coefficient (Wildman–Crippen LogP) is 2.25. The van der Waals surface area contributed by atoms with Crippen LogP contribution in [0, 0.1) is 5.92 Å². The number of piperidine rings is 1. The number of amides is 2. The van der Waals surface area contributed by atoms with Crippen LogP contribution in [0.25, 0.3) is 0 Å². The standard InChI is InChI=1S/C19H26N4O3/c1-21(2)18(24)9-6-15-5-3-11-22(13-15)19(25)17-8-7-16(26-17)14-23-12-4-10-20-23/h4,7-8,10,12,15H,3,5-6,9,11,13-14H2,1-2H3. The molecule has 2 aromatic heterocycles. The van der Waals surface area contributed by atoms with E-state index in [0.29, 0.717) is 36.9 Å². The molecule has 0 saturated carbocycles. The summed E-state index contributed by atoms with van der Waals surface area (Å²) in [5, 5.41) is 4.14. The number of carbonyl (C=O) groups excluding carboxylic acids is 2. The van der Waals surface area contributed by atoms with Crippen molar-refractivity contribution in [3.63, 3.8) is 0 Å². The third-order valence-electron chi connectivity index (χ3n) is 4.82. The van der Waals surface area contributed by atoms with E-state index in [9.17, 15) is 9.59 Å². The second-order valence-corrected chi connectivity index (χ2v) is 7.06. The Morgan fingerprint density at radius 2 is 2.19 bits per heavy atom. The van der Waals surface area contributed by atoms with Crippen molar-refractivity contribution >= 4 is 11.8 Å². The zero-order chi connectivity index (χ0) is 18.5. The molecule has 0 N–H and O–H groups in total. The van der Waals surface area contributed by atoms with Gasteiger partial charge in [0.2, 0.25) is 5.91 Å². The summed E-state index contributed by atoms with van der Waals surface area (Å²) in [5.74, 6) is 1.53. The zero-order valence-corrected chi connectivity index (χ0v) is 15.4. The smallest absolute Gasteiger partial charge is 0.289 e. The summed E-state index contributed by atoms with van der Waals surface area (Å²) in [6.45, 7) is 1.94. The van der Waals surface area contributed by atoms with Crippen molar-refractivity contribution < 1.29 is 14.0 Å². The van der Waals surface area contributed by atoms with E-state index < -0.39 is 0 Å². The molecule has 26 heavy (non-hydrogen) atoms. The van der Waals surface area contributed by atoms with Crippen LogP contribution in [-0.2, 0) is 11.3 Å². The average Bonchev–Trinajstić information content (AvgIpc) is 3.31. The maximum Gasteiger partial charge on any atom is 0.289 e. The van der Waals surface area contributed by atoms with Gasteiger partial charge < -0.3 is 14.2 Å². The van der Waals surface area contributed by atoms with Gasteiger partial charge in [0, 0.05) is 46.0 Å². The Morgan fingerprint density at radius 3 is 2.92 bits per heavy atom. The van der Waals surface area contributed by atoms with Crippen LogP contribution >= 0.6 is 0 Å². The third kappa shape index (κ3) is 4.53. The van der Waals surface area contributed by atoms with Crippen LogP contribution in [0.4, 0.5) is 0 Å². The van der Waals surface area contributed by atoms with Gasteiger partial charge in [-0.15, -0.1) is 0 Å². The van der Waals surface area contributed by atoms with Crippen LogP contribution in [0.3, 0.4) is 0 Å². The molecule has 3 heterocycles. The first-order chi connectivity index (χ1) is 12.5. The lowest BCUT2D eigenvalue weighted by Crippen LogP contribution is -2.40. The number of hydrogen-bond donors (Lipinski definition) is 0. The number of hydrogen-bond acceptors (Lipinski definition) is 4. The average molecular weight is 358 g/mol. The van der Waals surface area contributed by atoms with Crippen molar-refractivity contribution in [1.82, 2.24) is 19.6 Å². The van der Waals surface area contributed by atoms with Crippen molar-refractivity contribution in [1.29, 1.82) is 0 Å². The minimum atomic E-state index is -0.0691. The van der Waals surface area contributed by atoms with E-state index in [1.165, 1.54) is 0 Å². The molecule has 2 amide bonds. The molecule has 0 bridgehead atoms. The van der Waals surface area contributed by atoms with Gasteiger partial charge >= 0.3 is 0 Å². The Hall–Kier alpha value is -2.57. The number of nitrogens with zero attached hydrogens (tertiary/aromatic N) is 4. The van der Waals surface area contributed by atoms with E-state index in [2.05, 4.69) is 5.10 Å². The summed E-state index contributed by atoms with van der Waals surface area (Å²) < 4.78 is 7.48. The maximum absolute atomic E-state index is 12.7. The molecule has 0 aliphatic carbocycles. The number of furan rings is 1. The maximum atomic E-state index is 12.7. The highest BCUT2D eigenvalue weighted by Gasteiger charge is 2.26. The first-order valence-electron chi connectivity index (χ1n) is 9.08. The van der Waals surface area contributed by atoms with E-state index in [1.807, 2.05) is 23.2 Å². The Kier molecular flexibility index (Phi) is 5.75. The largest absolute Gasteiger partial charge is 0.454 e. The highest BCUT2D eigenvalue weighted by Crippen LogP contribution is 2.23. The van der Waals surface area contributed by atoms with Crippen molar-refractivity contribution in [3.05, 3.63) is 42.1 Å². The molecule has 1 aliphatic rings. The Bertz CT molecular complexity index is 736. The summed E-state index contributed by atoms with van der Waals surface area (Å²) in [7, 11) is 3.55. The molecule has 1 atom stereocenters. The summed E-state index contributed by atoms with van der Waals surface area (Å²) in [6, 6.07) is 5.41. The van der Waals surface area contributed by atoms with Crippen molar-refractivity contribution in [2.24, 2.45) is 5.92 Å². The summed E-state index contributed by atoms with van der Waals surface area (Å²) in [5.41, 5.74) is 0. The number of aromatic nitrogens is 2. The highest BCUT2D eigenvalue weighted by atomic mass is 16.4. The molecule has 0 spiro atoms. The van der Waals surface area contributed by atoms with Crippen LogP contribution < -0.4 is 0 Å². The monoisotopic (exact) mass is 358 g/mol.